The summed E-state index contributed by atoms with van der Waals surface area (Å²) in [7, 11) is 9.98. The molecular formula is C96H140N5+5. The molecule has 0 aliphatic heterocycles. The molecule has 5 nitrogen and oxygen atoms in total. The molecule has 5 aromatic carbocycles. The highest BCUT2D eigenvalue weighted by Crippen LogP contribution is 2.33. The third-order valence-electron chi connectivity index (χ3n) is 17.8. The molecule has 0 radical (unpaired) electrons. The average molecular weight is 1380 g/mol. The molecule has 0 bridgehead atoms. The van der Waals surface area contributed by atoms with Gasteiger partial charge in [0.2, 0.25) is 28.5 Å². The average Bonchev–Trinajstić information content (AvgIpc) is 0.745. The fourth-order valence-electron chi connectivity index (χ4n) is 12.5. The topological polar surface area (TPSA) is 19.4 Å². The first-order chi connectivity index (χ1) is 50.4. The molecule has 0 spiro atoms. The van der Waals surface area contributed by atoms with Crippen LogP contribution in [-0.4, -0.2) is 0 Å². The van der Waals surface area contributed by atoms with Crippen LogP contribution >= 0.6 is 0 Å². The number of nitrogens with zero attached hydrogens (tertiary/aromatic N) is 5. The van der Waals surface area contributed by atoms with E-state index in [0.29, 0.717) is 40.1 Å². The van der Waals surface area contributed by atoms with Crippen molar-refractivity contribution in [2.45, 2.75) is 225 Å². The first-order valence-electron chi connectivity index (χ1n) is 40.8. The molecule has 0 saturated carbocycles. The van der Waals surface area contributed by atoms with Crippen molar-refractivity contribution in [1.82, 2.24) is 0 Å². The molecular weight excluding hydrogens is 1220 g/mol. The number of rotatable bonds is 14. The van der Waals surface area contributed by atoms with Crippen LogP contribution in [0.1, 0.15) is 244 Å². The molecule has 0 N–H and O–H groups in total. The summed E-state index contributed by atoms with van der Waals surface area (Å²) in [5.41, 5.74) is 27.4. The number of benzene rings is 5. The van der Waals surface area contributed by atoms with Crippen molar-refractivity contribution in [2.75, 3.05) is 0 Å². The molecule has 5 heterocycles. The molecule has 0 aliphatic rings. The first kappa shape index (κ1) is 69.9. The van der Waals surface area contributed by atoms with E-state index in [1.165, 1.54) is 86.4 Å². The Morgan fingerprint density at radius 1 is 0.376 bits per heavy atom. The van der Waals surface area contributed by atoms with Gasteiger partial charge < -0.3 is 0 Å². The lowest BCUT2D eigenvalue weighted by Gasteiger charge is -2.19. The summed E-state index contributed by atoms with van der Waals surface area (Å²) in [6.45, 7) is 33.6. The molecule has 3 unspecified atom stereocenters. The lowest BCUT2D eigenvalue weighted by molar-refractivity contribution is -0.661. The lowest BCUT2D eigenvalue weighted by atomic mass is 9.87. The van der Waals surface area contributed by atoms with E-state index in [9.17, 15) is 0 Å². The second-order valence-electron chi connectivity index (χ2n) is 28.7. The van der Waals surface area contributed by atoms with Gasteiger partial charge in [0, 0.05) is 102 Å². The van der Waals surface area contributed by atoms with Crippen LogP contribution in [0.4, 0.5) is 0 Å². The zero-order chi connectivity index (χ0) is 82.0. The monoisotopic (exact) mass is 1380 g/mol. The molecule has 5 aromatic heterocycles. The van der Waals surface area contributed by atoms with Gasteiger partial charge in [-0.2, -0.15) is 0 Å². The van der Waals surface area contributed by atoms with Gasteiger partial charge in [-0.1, -0.05) is 217 Å². The van der Waals surface area contributed by atoms with Crippen LogP contribution in [0.15, 0.2) is 183 Å². The van der Waals surface area contributed by atoms with E-state index in [1.807, 2.05) is 119 Å². The fraction of sp³-hybridized carbons (Fsp3) is 0.427. The highest BCUT2D eigenvalue weighted by Gasteiger charge is 2.25. The summed E-state index contributed by atoms with van der Waals surface area (Å²) in [5, 5.41) is 0. The smallest absolute Gasteiger partial charge is 0.201 e. The third-order valence-corrected chi connectivity index (χ3v) is 17.8. The van der Waals surface area contributed by atoms with Crippen molar-refractivity contribution in [1.29, 1.82) is 0 Å². The maximum atomic E-state index is 8.65. The van der Waals surface area contributed by atoms with Gasteiger partial charge in [-0.3, -0.25) is 0 Å². The molecule has 10 aromatic rings. The van der Waals surface area contributed by atoms with E-state index < -0.39 is 37.8 Å². The predicted octanol–water partition coefficient (Wildman–Crippen LogP) is 23.8. The summed E-state index contributed by atoms with van der Waals surface area (Å²) >= 11 is 0. The zero-order valence-corrected chi connectivity index (χ0v) is 63.5. The summed E-state index contributed by atoms with van der Waals surface area (Å²) in [5.74, 6) is -4.01. The van der Waals surface area contributed by atoms with Crippen molar-refractivity contribution in [3.8, 4) is 56.3 Å². The van der Waals surface area contributed by atoms with Crippen LogP contribution < -0.4 is 22.8 Å². The highest BCUT2D eigenvalue weighted by molar-refractivity contribution is 5.67. The van der Waals surface area contributed by atoms with Crippen molar-refractivity contribution >= 4 is 0 Å². The zero-order valence-electron chi connectivity index (χ0n) is 75.5. The molecule has 544 valence electrons. The van der Waals surface area contributed by atoms with E-state index in [1.54, 1.807) is 37.0 Å². The van der Waals surface area contributed by atoms with Crippen molar-refractivity contribution in [3.05, 3.63) is 266 Å². The van der Waals surface area contributed by atoms with Crippen LogP contribution in [0.5, 0.6) is 0 Å². The van der Waals surface area contributed by atoms with Gasteiger partial charge in [-0.15, -0.1) is 0 Å². The number of hydrogen-bond donors (Lipinski definition) is 0. The minimum absolute atomic E-state index is 0. The quantitative estimate of drug-likeness (QED) is 0.0967. The molecule has 0 saturated heterocycles. The molecule has 101 heavy (non-hydrogen) atoms. The van der Waals surface area contributed by atoms with Crippen molar-refractivity contribution in [2.24, 2.45) is 52.5 Å². The largest absolute Gasteiger partial charge is 0.216 e. The van der Waals surface area contributed by atoms with Gasteiger partial charge in [0.1, 0.15) is 35.2 Å². The van der Waals surface area contributed by atoms with Gasteiger partial charge in [-0.05, 0) is 202 Å². The maximum absolute atomic E-state index is 8.65. The molecule has 10 rings (SSSR count). The summed E-state index contributed by atoms with van der Waals surface area (Å²) < 4.78 is 107. The normalized spacial score (nSPS) is 14.7. The van der Waals surface area contributed by atoms with E-state index in [2.05, 4.69) is 203 Å². The Morgan fingerprint density at radius 3 is 1.09 bits per heavy atom. The highest BCUT2D eigenvalue weighted by atomic mass is 14.9. The molecule has 5 heteroatoms. The van der Waals surface area contributed by atoms with E-state index in [0.717, 1.165) is 57.6 Å². The van der Waals surface area contributed by atoms with Gasteiger partial charge in [-0.25, -0.2) is 22.8 Å². The first-order valence-corrected chi connectivity index (χ1v) is 34.6. The molecule has 0 fully saturated rings. The summed E-state index contributed by atoms with van der Waals surface area (Å²) in [6.07, 6.45) is 11.7. The Labute approximate surface area is 636 Å². The van der Waals surface area contributed by atoms with Crippen LogP contribution in [0.3, 0.4) is 0 Å². The van der Waals surface area contributed by atoms with Gasteiger partial charge in [0.25, 0.3) is 0 Å². The number of hydrogen-bond acceptors (Lipinski definition) is 0. The van der Waals surface area contributed by atoms with Crippen LogP contribution in [0, 0.1) is 72.6 Å². The SMILES string of the molecule is C.C.C.C.Cc1cc(-c2ccccc2C)[n+](C)cc1CC(C)(C)C.Cc1cc(-c2ccccc2C)[n+](C)cc1CC(C)C.[2H]C([2H])([2H])C([2H])(C)c1c[n+](C)c(-c2ccccc2C)cc1CC.[2H]C([2H])(c1c[n+](C)c(-c2ccccc2C)cc1C)C(C)C.[2H]CC([2H])(C)c1cc(C([2H])(C)C([2H])([2H])[2H])c(-c2ccccc2C)[n+](C)c1. The Balaban J connectivity index is 0.000000477. The minimum Gasteiger partial charge on any atom is -0.201 e. The van der Waals surface area contributed by atoms with Crippen LogP contribution in [-0.2, 0) is 60.9 Å². The third kappa shape index (κ3) is 24.5. The van der Waals surface area contributed by atoms with E-state index in [4.69, 9.17) is 16.4 Å². The Kier molecular flexibility index (Phi) is 28.0. The second-order valence-corrected chi connectivity index (χ2v) is 28.7. The predicted molar refractivity (Wildman–Crippen MR) is 442 cm³/mol. The van der Waals surface area contributed by atoms with Gasteiger partial charge in [0.05, 0.1) is 0 Å². The number of aromatic nitrogens is 5. The van der Waals surface area contributed by atoms with Gasteiger partial charge >= 0.3 is 0 Å². The standard InChI is InChI=1S/2C19H26N.3C18H24N.4CH4/c1-14-9-7-8-10-17(14)18-11-15(2)16(13-20(18)6)12-19(3,4)5;1-13(2)16-11-18(14(3)4)19(20(6)12-16)17-10-8-7-9-15(17)5;2*1-13(2)10-16-12-19(5)18(11-15(16)4)17-9-7-6-8-14(17)3;1-6-15-11-18(16-10-8-7-9-14(16)4)19(5)12-17(15)13(2)3;;;;/h7-11,13H,12H2,1-6H3;7-14H,1-6H3;2*6-9,11-13H,10H2,1-5H3;7-13H,6H2,1-5H3;4*1H4/q5*+1;;;;/i;1D,3D3,13D,14D;10D2;;2D3,13D;;;;. The second kappa shape index (κ2) is 40.5. The maximum Gasteiger partial charge on any atom is 0.216 e. The fourth-order valence-corrected chi connectivity index (χ4v) is 12.5. The van der Waals surface area contributed by atoms with Crippen LogP contribution in [0.2, 0.25) is 0 Å². The number of aryl methyl sites for hydroxylation is 14. The number of pyridine rings is 5. The molecule has 3 atom stereocenters. The van der Waals surface area contributed by atoms with E-state index >= 15 is 0 Å². The Bertz CT molecular complexity index is 4780. The van der Waals surface area contributed by atoms with Crippen LogP contribution in [0.25, 0.3) is 56.3 Å². The van der Waals surface area contributed by atoms with Gasteiger partial charge in [0.15, 0.2) is 31.0 Å². The van der Waals surface area contributed by atoms with E-state index in [-0.39, 0.29) is 42.5 Å². The molecule has 0 amide bonds. The Hall–Kier alpha value is -8.15. The Morgan fingerprint density at radius 2 is 0.723 bits per heavy atom. The lowest BCUT2D eigenvalue weighted by Crippen LogP contribution is -2.33. The summed E-state index contributed by atoms with van der Waals surface area (Å²) in [4.78, 5) is 0. The minimum atomic E-state index is -2.53. The summed E-state index contributed by atoms with van der Waals surface area (Å²) in [6, 6.07) is 51.6. The van der Waals surface area contributed by atoms with Crippen molar-refractivity contribution in [3.63, 3.8) is 0 Å². The molecule has 0 aliphatic carbocycles. The van der Waals surface area contributed by atoms with Crippen molar-refractivity contribution < 1.29 is 39.3 Å².